The molecule has 2 aromatic rings. The Morgan fingerprint density at radius 1 is 1.18 bits per heavy atom. The maximum Gasteiger partial charge on any atom is 0.326 e. The van der Waals surface area contributed by atoms with Crippen LogP contribution >= 0.6 is 0 Å². The number of hydrogen-bond acceptors (Lipinski definition) is 5. The van der Waals surface area contributed by atoms with E-state index >= 15 is 0 Å². The molecule has 0 spiro atoms. The lowest BCUT2D eigenvalue weighted by Gasteiger charge is -2.14. The molecule has 1 saturated carbocycles. The fraction of sp³-hybridized carbons (Fsp3) is 0.300. The molecule has 3 N–H and O–H groups in total. The van der Waals surface area contributed by atoms with Crippen LogP contribution in [-0.2, 0) is 11.3 Å². The molecule has 8 heteroatoms. The van der Waals surface area contributed by atoms with Gasteiger partial charge in [0.2, 0.25) is 0 Å². The smallest absolute Gasteiger partial charge is 0.326 e. The number of carbonyl (C=O) groups is 2. The van der Waals surface area contributed by atoms with Crippen molar-refractivity contribution in [3.63, 3.8) is 0 Å². The number of nitrogens with one attached hydrogen (secondary N) is 2. The first-order valence-electron chi connectivity index (χ1n) is 9.04. The predicted octanol–water partition coefficient (Wildman–Crippen LogP) is 3.19. The second-order valence-electron chi connectivity index (χ2n) is 6.87. The van der Waals surface area contributed by atoms with Crippen molar-refractivity contribution in [2.24, 2.45) is 5.92 Å². The van der Waals surface area contributed by atoms with Crippen molar-refractivity contribution in [1.29, 1.82) is 0 Å². The maximum absolute atomic E-state index is 12.4. The van der Waals surface area contributed by atoms with Gasteiger partial charge in [0.25, 0.3) is 11.6 Å². The Kier molecular flexibility index (Phi) is 5.88. The molecule has 0 radical (unpaired) electrons. The van der Waals surface area contributed by atoms with Crippen molar-refractivity contribution in [3.8, 4) is 0 Å². The topological polar surface area (TPSA) is 122 Å². The van der Waals surface area contributed by atoms with Gasteiger partial charge in [-0.3, -0.25) is 14.9 Å². The summed E-state index contributed by atoms with van der Waals surface area (Å²) >= 11 is 0. The van der Waals surface area contributed by atoms with E-state index in [1.165, 1.54) is 18.2 Å². The summed E-state index contributed by atoms with van der Waals surface area (Å²) < 4.78 is 0. The molecule has 28 heavy (non-hydrogen) atoms. The van der Waals surface area contributed by atoms with Crippen LogP contribution < -0.4 is 10.6 Å². The summed E-state index contributed by atoms with van der Waals surface area (Å²) in [6.45, 7) is 0.399. The number of carboxylic acids is 1. The average molecular weight is 383 g/mol. The third kappa shape index (κ3) is 5.06. The molecular formula is C20H21N3O5. The second-order valence-corrected chi connectivity index (χ2v) is 6.87. The predicted molar refractivity (Wildman–Crippen MR) is 103 cm³/mol. The zero-order chi connectivity index (χ0) is 20.1. The monoisotopic (exact) mass is 383 g/mol. The van der Waals surface area contributed by atoms with Crippen molar-refractivity contribution in [1.82, 2.24) is 5.32 Å². The van der Waals surface area contributed by atoms with E-state index in [2.05, 4.69) is 10.6 Å². The van der Waals surface area contributed by atoms with Gasteiger partial charge in [-0.2, -0.15) is 0 Å². The van der Waals surface area contributed by atoms with Crippen LogP contribution in [-0.4, -0.2) is 27.9 Å². The highest BCUT2D eigenvalue weighted by Gasteiger charge is 2.30. The van der Waals surface area contributed by atoms with E-state index in [0.717, 1.165) is 18.4 Å². The number of aliphatic carboxylic acids is 1. The Labute approximate surface area is 161 Å². The molecule has 0 saturated heterocycles. The minimum Gasteiger partial charge on any atom is -0.480 e. The first-order valence-corrected chi connectivity index (χ1v) is 9.04. The highest BCUT2D eigenvalue weighted by atomic mass is 16.6. The first kappa shape index (κ1) is 19.3. The highest BCUT2D eigenvalue weighted by Crippen LogP contribution is 2.33. The normalized spacial score (nSPS) is 14.1. The Balaban J connectivity index is 1.72. The van der Waals surface area contributed by atoms with Crippen LogP contribution in [0.15, 0.2) is 48.5 Å². The van der Waals surface area contributed by atoms with Gasteiger partial charge in [-0.1, -0.05) is 43.2 Å². The van der Waals surface area contributed by atoms with Crippen LogP contribution in [0.3, 0.4) is 0 Å². The van der Waals surface area contributed by atoms with E-state index in [4.69, 9.17) is 0 Å². The number of nitro benzene ring substituents is 1. The molecule has 1 aliphatic carbocycles. The molecule has 8 nitrogen and oxygen atoms in total. The van der Waals surface area contributed by atoms with Gasteiger partial charge in [-0.05, 0) is 30.0 Å². The van der Waals surface area contributed by atoms with Crippen molar-refractivity contribution >= 4 is 23.3 Å². The van der Waals surface area contributed by atoms with E-state index in [0.29, 0.717) is 18.9 Å². The first-order chi connectivity index (χ1) is 13.4. The highest BCUT2D eigenvalue weighted by molar-refractivity contribution is 5.97. The SMILES string of the molecule is O=C(NC(CC1CC1)C(=O)O)c1ccc(NCc2ccccc2)c([N+](=O)[O-])c1. The second kappa shape index (κ2) is 8.51. The molecule has 1 aliphatic rings. The van der Waals surface area contributed by atoms with E-state index in [1.54, 1.807) is 0 Å². The molecule has 1 fully saturated rings. The lowest BCUT2D eigenvalue weighted by Crippen LogP contribution is -2.41. The molecule has 0 heterocycles. The fourth-order valence-corrected chi connectivity index (χ4v) is 2.92. The third-order valence-corrected chi connectivity index (χ3v) is 4.65. The Hall–Kier alpha value is -3.42. The van der Waals surface area contributed by atoms with Crippen LogP contribution in [0.5, 0.6) is 0 Å². The number of carbonyl (C=O) groups excluding carboxylic acids is 1. The Morgan fingerprint density at radius 2 is 1.89 bits per heavy atom. The van der Waals surface area contributed by atoms with Gasteiger partial charge < -0.3 is 15.7 Å². The fourth-order valence-electron chi connectivity index (χ4n) is 2.92. The number of benzene rings is 2. The number of nitro groups is 1. The molecule has 1 amide bonds. The summed E-state index contributed by atoms with van der Waals surface area (Å²) in [5.74, 6) is -1.41. The summed E-state index contributed by atoms with van der Waals surface area (Å²) in [7, 11) is 0. The summed E-state index contributed by atoms with van der Waals surface area (Å²) in [6, 6.07) is 12.5. The molecule has 1 unspecified atom stereocenters. The van der Waals surface area contributed by atoms with Crippen molar-refractivity contribution in [2.45, 2.75) is 31.8 Å². The van der Waals surface area contributed by atoms with Crippen molar-refractivity contribution < 1.29 is 19.6 Å². The number of nitrogens with zero attached hydrogens (tertiary/aromatic N) is 1. The van der Waals surface area contributed by atoms with E-state index < -0.39 is 22.8 Å². The van der Waals surface area contributed by atoms with Gasteiger partial charge in [-0.25, -0.2) is 4.79 Å². The van der Waals surface area contributed by atoms with Gasteiger partial charge in [0.15, 0.2) is 0 Å². The summed E-state index contributed by atoms with van der Waals surface area (Å²) in [4.78, 5) is 34.6. The van der Waals surface area contributed by atoms with Crippen LogP contribution in [0.1, 0.15) is 35.2 Å². The Bertz CT molecular complexity index is 881. The maximum atomic E-state index is 12.4. The molecule has 3 rings (SSSR count). The molecule has 2 aromatic carbocycles. The standard InChI is InChI=1S/C20H21N3O5/c24-19(22-17(20(25)26)10-13-6-7-13)15-8-9-16(18(11-15)23(27)28)21-12-14-4-2-1-3-5-14/h1-5,8-9,11,13,17,21H,6-7,10,12H2,(H,22,24)(H,25,26). The zero-order valence-electron chi connectivity index (χ0n) is 15.1. The molecule has 146 valence electrons. The third-order valence-electron chi connectivity index (χ3n) is 4.65. The number of carboxylic acid groups (broad SMARTS) is 1. The number of anilines is 1. The van der Waals surface area contributed by atoms with E-state index in [9.17, 15) is 24.8 Å². The molecule has 0 aromatic heterocycles. The quantitative estimate of drug-likeness (QED) is 0.452. The van der Waals surface area contributed by atoms with Crippen LogP contribution in [0, 0.1) is 16.0 Å². The molecule has 1 atom stereocenters. The zero-order valence-corrected chi connectivity index (χ0v) is 15.1. The number of hydrogen-bond donors (Lipinski definition) is 3. The lowest BCUT2D eigenvalue weighted by molar-refractivity contribution is -0.384. The number of rotatable bonds is 9. The van der Waals surface area contributed by atoms with Gasteiger partial charge >= 0.3 is 5.97 Å². The summed E-state index contributed by atoms with van der Waals surface area (Å²) in [6.07, 6.45) is 2.31. The molecule has 0 bridgehead atoms. The molecular weight excluding hydrogens is 362 g/mol. The minimum atomic E-state index is -1.10. The van der Waals surface area contributed by atoms with Crippen molar-refractivity contribution in [3.05, 3.63) is 69.8 Å². The van der Waals surface area contributed by atoms with Crippen LogP contribution in [0.4, 0.5) is 11.4 Å². The van der Waals surface area contributed by atoms with Gasteiger partial charge in [-0.15, -0.1) is 0 Å². The van der Waals surface area contributed by atoms with Crippen LogP contribution in [0.25, 0.3) is 0 Å². The minimum absolute atomic E-state index is 0.0546. The summed E-state index contributed by atoms with van der Waals surface area (Å²) in [5.41, 5.74) is 1.07. The summed E-state index contributed by atoms with van der Waals surface area (Å²) in [5, 5.41) is 26.2. The number of amides is 1. The van der Waals surface area contributed by atoms with Crippen molar-refractivity contribution in [2.75, 3.05) is 5.32 Å². The average Bonchev–Trinajstić information content (AvgIpc) is 3.50. The van der Waals surface area contributed by atoms with E-state index in [1.807, 2.05) is 30.3 Å². The van der Waals surface area contributed by atoms with Crippen LogP contribution in [0.2, 0.25) is 0 Å². The van der Waals surface area contributed by atoms with Gasteiger partial charge in [0, 0.05) is 18.2 Å². The van der Waals surface area contributed by atoms with Gasteiger partial charge in [0.05, 0.1) is 4.92 Å². The largest absolute Gasteiger partial charge is 0.480 e. The molecule has 0 aliphatic heterocycles. The lowest BCUT2D eigenvalue weighted by atomic mass is 10.1. The van der Waals surface area contributed by atoms with E-state index in [-0.39, 0.29) is 16.9 Å². The Morgan fingerprint density at radius 3 is 2.50 bits per heavy atom. The van der Waals surface area contributed by atoms with Gasteiger partial charge in [0.1, 0.15) is 11.7 Å².